The molecule has 0 atom stereocenters. The van der Waals surface area contributed by atoms with Gasteiger partial charge in [0.1, 0.15) is 0 Å². The molecule has 4 nitrogen and oxygen atoms in total. The summed E-state index contributed by atoms with van der Waals surface area (Å²) in [6.45, 7) is 4.00. The van der Waals surface area contributed by atoms with E-state index >= 15 is 0 Å². The predicted octanol–water partition coefficient (Wildman–Crippen LogP) is 3.01. The van der Waals surface area contributed by atoms with Gasteiger partial charge in [-0.3, -0.25) is 4.98 Å². The van der Waals surface area contributed by atoms with Gasteiger partial charge in [-0.25, -0.2) is 4.98 Å². The van der Waals surface area contributed by atoms with Gasteiger partial charge >= 0.3 is 0 Å². The lowest BCUT2D eigenvalue weighted by molar-refractivity contribution is 0.969. The fourth-order valence-corrected chi connectivity index (χ4v) is 2.19. The van der Waals surface area contributed by atoms with Crippen LogP contribution in [0, 0.1) is 0 Å². The number of nitrogens with one attached hydrogen (secondary N) is 2. The fraction of sp³-hybridized carbons (Fsp3) is 0.385. The molecule has 2 heterocycles. The topological polar surface area (TPSA) is 49.8 Å². The van der Waals surface area contributed by atoms with Crippen molar-refractivity contribution in [2.24, 2.45) is 0 Å². The highest BCUT2D eigenvalue weighted by Gasteiger charge is 1.97. The van der Waals surface area contributed by atoms with Crippen molar-refractivity contribution in [1.82, 2.24) is 9.97 Å². The van der Waals surface area contributed by atoms with Crippen LogP contribution in [-0.2, 0) is 6.42 Å². The maximum atomic E-state index is 4.26. The lowest BCUT2D eigenvalue weighted by Gasteiger charge is -2.08. The lowest BCUT2D eigenvalue weighted by atomic mass is 10.3. The van der Waals surface area contributed by atoms with E-state index in [9.17, 15) is 0 Å². The Hall–Kier alpha value is -1.62. The number of anilines is 2. The molecule has 0 aliphatic heterocycles. The Morgan fingerprint density at radius 2 is 1.94 bits per heavy atom. The molecule has 0 aliphatic rings. The second-order valence-corrected chi connectivity index (χ2v) is 4.76. The quantitative estimate of drug-likeness (QED) is 0.805. The Kier molecular flexibility index (Phi) is 4.96. The first-order valence-corrected chi connectivity index (χ1v) is 7.12. The average Bonchev–Trinajstić information content (AvgIpc) is 2.90. The third-order valence-corrected chi connectivity index (χ3v) is 3.15. The van der Waals surface area contributed by atoms with Gasteiger partial charge in [0.05, 0.1) is 35.0 Å². The van der Waals surface area contributed by atoms with Crippen LogP contribution in [-0.4, -0.2) is 23.1 Å². The molecule has 0 saturated heterocycles. The van der Waals surface area contributed by atoms with Crippen LogP contribution >= 0.6 is 11.3 Å². The standard InChI is InChI=1S/C13H18N4S/c1-2-4-15-12-6-13(8-14-7-12)16-5-3-11-9-18-10-17-11/h6-10,15-16H,2-5H2,1H3. The summed E-state index contributed by atoms with van der Waals surface area (Å²) < 4.78 is 0. The van der Waals surface area contributed by atoms with Crippen LogP contribution in [0.4, 0.5) is 11.4 Å². The van der Waals surface area contributed by atoms with Crippen molar-refractivity contribution in [3.8, 4) is 0 Å². The predicted molar refractivity (Wildman–Crippen MR) is 77.3 cm³/mol. The molecule has 0 saturated carbocycles. The van der Waals surface area contributed by atoms with E-state index in [1.54, 1.807) is 11.3 Å². The van der Waals surface area contributed by atoms with Gasteiger partial charge in [0, 0.05) is 24.9 Å². The molecular formula is C13H18N4S. The summed E-state index contributed by atoms with van der Waals surface area (Å²) in [6.07, 6.45) is 5.75. The molecule has 0 unspecified atom stereocenters. The Morgan fingerprint density at radius 1 is 1.17 bits per heavy atom. The zero-order chi connectivity index (χ0) is 12.6. The van der Waals surface area contributed by atoms with Crippen LogP contribution in [0.1, 0.15) is 19.0 Å². The number of hydrogen-bond donors (Lipinski definition) is 2. The number of nitrogens with zero attached hydrogens (tertiary/aromatic N) is 2. The van der Waals surface area contributed by atoms with Gasteiger partial charge in [0.25, 0.3) is 0 Å². The van der Waals surface area contributed by atoms with Crippen LogP contribution in [0.5, 0.6) is 0 Å². The van der Waals surface area contributed by atoms with E-state index in [4.69, 9.17) is 0 Å². The van der Waals surface area contributed by atoms with Gasteiger partial charge in [0.2, 0.25) is 0 Å². The van der Waals surface area contributed by atoms with E-state index in [0.717, 1.165) is 43.0 Å². The first-order valence-electron chi connectivity index (χ1n) is 6.18. The van der Waals surface area contributed by atoms with E-state index in [1.165, 1.54) is 0 Å². The number of hydrogen-bond acceptors (Lipinski definition) is 5. The maximum Gasteiger partial charge on any atom is 0.0794 e. The van der Waals surface area contributed by atoms with E-state index in [-0.39, 0.29) is 0 Å². The minimum Gasteiger partial charge on any atom is -0.384 e. The van der Waals surface area contributed by atoms with Crippen LogP contribution in [0.3, 0.4) is 0 Å². The molecule has 0 bridgehead atoms. The molecule has 0 radical (unpaired) electrons. The van der Waals surface area contributed by atoms with Crippen LogP contribution in [0.25, 0.3) is 0 Å². The molecule has 18 heavy (non-hydrogen) atoms. The zero-order valence-electron chi connectivity index (χ0n) is 10.5. The Morgan fingerprint density at radius 3 is 2.61 bits per heavy atom. The zero-order valence-corrected chi connectivity index (χ0v) is 11.3. The number of rotatable bonds is 7. The summed E-state index contributed by atoms with van der Waals surface area (Å²) in [5, 5.41) is 8.77. The highest BCUT2D eigenvalue weighted by atomic mass is 32.1. The summed E-state index contributed by atoms with van der Waals surface area (Å²) in [5.74, 6) is 0. The molecule has 0 aliphatic carbocycles. The van der Waals surface area contributed by atoms with Crippen molar-refractivity contribution < 1.29 is 0 Å². The van der Waals surface area contributed by atoms with E-state index in [0.29, 0.717) is 0 Å². The number of aromatic nitrogens is 2. The molecule has 2 N–H and O–H groups in total. The number of pyridine rings is 1. The van der Waals surface area contributed by atoms with Crippen molar-refractivity contribution >= 4 is 22.7 Å². The minimum atomic E-state index is 0.878. The summed E-state index contributed by atoms with van der Waals surface area (Å²) in [5.41, 5.74) is 5.12. The van der Waals surface area contributed by atoms with Gasteiger partial charge < -0.3 is 10.6 Å². The SMILES string of the molecule is CCCNc1cncc(NCCc2cscn2)c1. The highest BCUT2D eigenvalue weighted by molar-refractivity contribution is 7.07. The second-order valence-electron chi connectivity index (χ2n) is 4.05. The molecule has 5 heteroatoms. The molecule has 0 fully saturated rings. The van der Waals surface area contributed by atoms with Crippen LogP contribution < -0.4 is 10.6 Å². The fourth-order valence-electron chi connectivity index (χ4n) is 1.60. The van der Waals surface area contributed by atoms with Gasteiger partial charge in [-0.2, -0.15) is 0 Å². The maximum absolute atomic E-state index is 4.26. The van der Waals surface area contributed by atoms with Crippen molar-refractivity contribution in [2.75, 3.05) is 23.7 Å². The van der Waals surface area contributed by atoms with Crippen molar-refractivity contribution in [2.45, 2.75) is 19.8 Å². The molecule has 0 aromatic carbocycles. The summed E-state index contributed by atoms with van der Waals surface area (Å²) in [6, 6.07) is 2.09. The molecule has 0 spiro atoms. The van der Waals surface area contributed by atoms with Gasteiger partial charge in [-0.1, -0.05) is 6.92 Å². The van der Waals surface area contributed by atoms with Crippen molar-refractivity contribution in [3.63, 3.8) is 0 Å². The summed E-state index contributed by atoms with van der Waals surface area (Å²) >= 11 is 1.64. The molecule has 96 valence electrons. The van der Waals surface area contributed by atoms with E-state index < -0.39 is 0 Å². The molecule has 2 aromatic heterocycles. The van der Waals surface area contributed by atoms with E-state index in [2.05, 4.69) is 39.0 Å². The lowest BCUT2D eigenvalue weighted by Crippen LogP contribution is -2.06. The molecule has 2 aromatic rings. The van der Waals surface area contributed by atoms with Crippen molar-refractivity contribution in [3.05, 3.63) is 35.0 Å². The molecule has 0 amide bonds. The van der Waals surface area contributed by atoms with Gasteiger partial charge in [-0.15, -0.1) is 11.3 Å². The molecular weight excluding hydrogens is 244 g/mol. The van der Waals surface area contributed by atoms with Gasteiger partial charge in [0.15, 0.2) is 0 Å². The minimum absolute atomic E-state index is 0.878. The van der Waals surface area contributed by atoms with Crippen LogP contribution in [0.2, 0.25) is 0 Å². The largest absolute Gasteiger partial charge is 0.384 e. The van der Waals surface area contributed by atoms with Crippen molar-refractivity contribution in [1.29, 1.82) is 0 Å². The monoisotopic (exact) mass is 262 g/mol. The normalized spacial score (nSPS) is 10.3. The highest BCUT2D eigenvalue weighted by Crippen LogP contribution is 2.13. The number of thiazole rings is 1. The first kappa shape index (κ1) is 12.8. The average molecular weight is 262 g/mol. The van der Waals surface area contributed by atoms with E-state index in [1.807, 2.05) is 17.9 Å². The first-order chi connectivity index (χ1) is 8.88. The summed E-state index contributed by atoms with van der Waals surface area (Å²) in [4.78, 5) is 8.47. The summed E-state index contributed by atoms with van der Waals surface area (Å²) in [7, 11) is 0. The third-order valence-electron chi connectivity index (χ3n) is 2.51. The molecule has 2 rings (SSSR count). The Labute approximate surface area is 111 Å². The second kappa shape index (κ2) is 6.96. The van der Waals surface area contributed by atoms with Crippen LogP contribution in [0.15, 0.2) is 29.4 Å². The van der Waals surface area contributed by atoms with Gasteiger partial charge in [-0.05, 0) is 12.5 Å². The Bertz CT molecular complexity index is 456. The third kappa shape index (κ3) is 4.00. The smallest absolute Gasteiger partial charge is 0.0794 e. The Balaban J connectivity index is 1.81.